The van der Waals surface area contributed by atoms with Gasteiger partial charge in [0.2, 0.25) is 0 Å². The van der Waals surface area contributed by atoms with Crippen LogP contribution < -0.4 is 11.1 Å². The lowest BCUT2D eigenvalue weighted by molar-refractivity contribution is 0.0937. The Labute approximate surface area is 183 Å². The number of ketones is 1. The minimum Gasteiger partial charge on any atom is -0.348 e. The average Bonchev–Trinajstić information content (AvgIpc) is 2.56. The number of amides is 1. The first-order valence-corrected chi connectivity index (χ1v) is 11.0. The number of carbonyl (C=O) groups is 2. The fourth-order valence-electron chi connectivity index (χ4n) is 2.93. The van der Waals surface area contributed by atoms with Gasteiger partial charge in [0.15, 0.2) is 5.78 Å². The second kappa shape index (κ2) is 8.67. The largest absolute Gasteiger partial charge is 0.348 e. The van der Waals surface area contributed by atoms with E-state index in [4.69, 9.17) is 28.9 Å². The average molecular weight is 455 g/mol. The first kappa shape index (κ1) is 21.5. The molecule has 1 aliphatic heterocycles. The van der Waals surface area contributed by atoms with Gasteiger partial charge in [-0.05, 0) is 48.4 Å². The van der Waals surface area contributed by atoms with Gasteiger partial charge in [0, 0.05) is 45.1 Å². The molecule has 1 atom stereocenters. The molecule has 0 spiro atoms. The summed E-state index contributed by atoms with van der Waals surface area (Å²) in [6, 6.07) is 10.1. The number of hydrogen-bond donors (Lipinski definition) is 3. The Morgan fingerprint density at radius 3 is 2.39 bits per heavy atom. The highest BCUT2D eigenvalue weighted by Crippen LogP contribution is 2.32. The summed E-state index contributed by atoms with van der Waals surface area (Å²) in [4.78, 5) is 23.9. The van der Waals surface area contributed by atoms with Crippen LogP contribution in [0.2, 0.25) is 10.0 Å². The number of carbonyl (C=O) groups excluding carboxylic acids is 2. The summed E-state index contributed by atoms with van der Waals surface area (Å²) in [5.41, 5.74) is 8.61. The smallest absolute Gasteiger partial charge is 0.251 e. The van der Waals surface area contributed by atoms with E-state index in [0.717, 1.165) is 17.1 Å². The van der Waals surface area contributed by atoms with Crippen LogP contribution in [0.1, 0.15) is 38.3 Å². The maximum absolute atomic E-state index is 12.8. The summed E-state index contributed by atoms with van der Waals surface area (Å²) in [7, 11) is 0. The molecular formula is C20H20Cl2N2O2S2. The van der Waals surface area contributed by atoms with Crippen LogP contribution in [0.25, 0.3) is 0 Å². The molecule has 1 unspecified atom stereocenters. The number of thiol groups is 1. The summed E-state index contributed by atoms with van der Waals surface area (Å²) >= 11 is 18.3. The van der Waals surface area contributed by atoms with Gasteiger partial charge in [-0.1, -0.05) is 29.3 Å². The van der Waals surface area contributed by atoms with Crippen molar-refractivity contribution in [3.63, 3.8) is 0 Å². The van der Waals surface area contributed by atoms with Crippen LogP contribution in [0.3, 0.4) is 0 Å². The van der Waals surface area contributed by atoms with Gasteiger partial charge in [0.05, 0.1) is 4.87 Å². The standard InChI is InChI=1S/C20H20Cl2N2O2S2/c1-11-4-12(2-3-17(11)19(26)24-16-9-28-10-16)18(25)8-20(23,27)13-5-14(21)7-15(22)6-13/h2-7,16,27H,8-10,23H2,1H3,(H,24,26). The van der Waals surface area contributed by atoms with Crippen LogP contribution >= 0.6 is 47.6 Å². The van der Waals surface area contributed by atoms with Crippen molar-refractivity contribution < 1.29 is 9.59 Å². The Bertz CT molecular complexity index is 910. The molecule has 1 aliphatic rings. The third kappa shape index (κ3) is 5.05. The highest BCUT2D eigenvalue weighted by atomic mass is 35.5. The van der Waals surface area contributed by atoms with E-state index in [-0.39, 0.29) is 24.2 Å². The first-order valence-electron chi connectivity index (χ1n) is 8.66. The molecule has 1 amide bonds. The molecule has 1 saturated heterocycles. The molecule has 0 radical (unpaired) electrons. The molecule has 28 heavy (non-hydrogen) atoms. The van der Waals surface area contributed by atoms with Crippen molar-refractivity contribution in [3.8, 4) is 0 Å². The molecular weight excluding hydrogens is 435 g/mol. The van der Waals surface area contributed by atoms with Gasteiger partial charge in [-0.3, -0.25) is 9.59 Å². The SMILES string of the molecule is Cc1cc(C(=O)CC(N)(S)c2cc(Cl)cc(Cl)c2)ccc1C(=O)NC1CSC1. The summed E-state index contributed by atoms with van der Waals surface area (Å²) in [5, 5.41) is 3.84. The van der Waals surface area contributed by atoms with Gasteiger partial charge in [-0.15, -0.1) is 0 Å². The maximum Gasteiger partial charge on any atom is 0.251 e. The zero-order valence-electron chi connectivity index (χ0n) is 15.2. The predicted octanol–water partition coefficient (Wildman–Crippen LogP) is 4.46. The number of aryl methyl sites for hydroxylation is 1. The normalized spacial score (nSPS) is 16.2. The van der Waals surface area contributed by atoms with Gasteiger partial charge < -0.3 is 11.1 Å². The van der Waals surface area contributed by atoms with Crippen molar-refractivity contribution in [3.05, 3.63) is 68.7 Å². The van der Waals surface area contributed by atoms with Crippen LogP contribution in [0.5, 0.6) is 0 Å². The van der Waals surface area contributed by atoms with Crippen LogP contribution in [0.15, 0.2) is 36.4 Å². The van der Waals surface area contributed by atoms with E-state index in [1.165, 1.54) is 0 Å². The molecule has 0 aromatic heterocycles. The zero-order chi connectivity index (χ0) is 20.5. The molecule has 0 saturated carbocycles. The third-order valence-electron chi connectivity index (χ3n) is 4.56. The van der Waals surface area contributed by atoms with Crippen molar-refractivity contribution in [1.82, 2.24) is 5.32 Å². The van der Waals surface area contributed by atoms with Crippen molar-refractivity contribution >= 4 is 59.3 Å². The number of nitrogens with one attached hydrogen (secondary N) is 1. The lowest BCUT2D eigenvalue weighted by Gasteiger charge is -2.26. The van der Waals surface area contributed by atoms with Crippen LogP contribution in [0.4, 0.5) is 0 Å². The molecule has 8 heteroatoms. The van der Waals surface area contributed by atoms with Crippen LogP contribution in [-0.4, -0.2) is 29.2 Å². The van der Waals surface area contributed by atoms with E-state index in [1.807, 2.05) is 6.92 Å². The van der Waals surface area contributed by atoms with Gasteiger partial charge in [-0.25, -0.2) is 0 Å². The highest BCUT2D eigenvalue weighted by Gasteiger charge is 2.28. The van der Waals surface area contributed by atoms with E-state index in [0.29, 0.717) is 26.7 Å². The van der Waals surface area contributed by atoms with Gasteiger partial charge in [0.25, 0.3) is 5.91 Å². The molecule has 4 nitrogen and oxygen atoms in total. The molecule has 1 heterocycles. The molecule has 2 aromatic carbocycles. The van der Waals surface area contributed by atoms with E-state index in [2.05, 4.69) is 17.9 Å². The highest BCUT2D eigenvalue weighted by molar-refractivity contribution is 8.00. The third-order valence-corrected chi connectivity index (χ3v) is 6.69. The number of benzene rings is 2. The topological polar surface area (TPSA) is 72.2 Å². The molecule has 0 aliphatic carbocycles. The Morgan fingerprint density at radius 1 is 1.21 bits per heavy atom. The minimum atomic E-state index is -1.22. The van der Waals surface area contributed by atoms with E-state index in [9.17, 15) is 9.59 Å². The summed E-state index contributed by atoms with van der Waals surface area (Å²) < 4.78 is 0. The van der Waals surface area contributed by atoms with Crippen molar-refractivity contribution in [2.24, 2.45) is 5.73 Å². The van der Waals surface area contributed by atoms with Gasteiger partial charge in [-0.2, -0.15) is 24.4 Å². The number of halogens is 2. The Morgan fingerprint density at radius 2 is 1.86 bits per heavy atom. The Hall–Kier alpha value is -1.18. The van der Waals surface area contributed by atoms with Crippen molar-refractivity contribution in [2.45, 2.75) is 24.3 Å². The second-order valence-corrected chi connectivity index (χ2v) is 9.67. The molecule has 3 rings (SSSR count). The van der Waals surface area contributed by atoms with Gasteiger partial charge in [0.1, 0.15) is 0 Å². The molecule has 1 fully saturated rings. The summed E-state index contributed by atoms with van der Waals surface area (Å²) in [6.45, 7) is 1.81. The first-order chi connectivity index (χ1) is 13.2. The number of nitrogens with two attached hydrogens (primary N) is 1. The Kier molecular flexibility index (Phi) is 6.67. The second-order valence-electron chi connectivity index (χ2n) is 6.92. The van der Waals surface area contributed by atoms with Gasteiger partial charge >= 0.3 is 0 Å². The van der Waals surface area contributed by atoms with Crippen LogP contribution in [-0.2, 0) is 4.87 Å². The number of rotatable bonds is 6. The summed E-state index contributed by atoms with van der Waals surface area (Å²) in [5.74, 6) is 1.59. The Balaban J connectivity index is 1.74. The lowest BCUT2D eigenvalue weighted by Crippen LogP contribution is -2.44. The number of Topliss-reactive ketones (excluding diaryl/α,β-unsaturated/α-hetero) is 1. The van der Waals surface area contributed by atoms with E-state index < -0.39 is 4.87 Å². The molecule has 148 valence electrons. The molecule has 0 bridgehead atoms. The van der Waals surface area contributed by atoms with Crippen LogP contribution in [0, 0.1) is 6.92 Å². The lowest BCUT2D eigenvalue weighted by atomic mass is 9.95. The van der Waals surface area contributed by atoms with E-state index >= 15 is 0 Å². The molecule has 3 N–H and O–H groups in total. The quantitative estimate of drug-likeness (QED) is 0.342. The number of thioether (sulfide) groups is 1. The summed E-state index contributed by atoms with van der Waals surface area (Å²) in [6.07, 6.45) is -0.0446. The monoisotopic (exact) mass is 454 g/mol. The van der Waals surface area contributed by atoms with Crippen molar-refractivity contribution in [1.29, 1.82) is 0 Å². The number of hydrogen-bond acceptors (Lipinski definition) is 5. The zero-order valence-corrected chi connectivity index (χ0v) is 18.4. The predicted molar refractivity (Wildman–Crippen MR) is 120 cm³/mol. The molecule has 2 aromatic rings. The fraction of sp³-hybridized carbons (Fsp3) is 0.300. The fourth-order valence-corrected chi connectivity index (χ4v) is 4.36. The van der Waals surface area contributed by atoms with E-state index in [1.54, 1.807) is 48.2 Å². The maximum atomic E-state index is 12.8. The minimum absolute atomic E-state index is 0.0446. The van der Waals surface area contributed by atoms with Crippen molar-refractivity contribution in [2.75, 3.05) is 11.5 Å².